The second kappa shape index (κ2) is 12.5. The summed E-state index contributed by atoms with van der Waals surface area (Å²) in [7, 11) is 4.05. The van der Waals surface area contributed by atoms with Gasteiger partial charge >= 0.3 is 0 Å². The number of nitrogens with one attached hydrogen (secondary N) is 2. The van der Waals surface area contributed by atoms with Crippen LogP contribution in [0.25, 0.3) is 0 Å². The Kier molecular flexibility index (Phi) is 11.2. The third kappa shape index (κ3) is 8.22. The molecule has 1 atom stereocenters. The quantitative estimate of drug-likeness (QED) is 0.379. The number of nitrogens with zero attached hydrogens (tertiary/aromatic N) is 3. The van der Waals surface area contributed by atoms with Crippen molar-refractivity contribution in [1.29, 1.82) is 0 Å². The number of likely N-dealkylation sites (N-methyl/N-ethyl adjacent to an activating group) is 1. The number of guanidine groups is 1. The summed E-state index contributed by atoms with van der Waals surface area (Å²) in [5, 5.41) is 6.90. The van der Waals surface area contributed by atoms with Gasteiger partial charge in [-0.2, -0.15) is 0 Å². The molecule has 1 heterocycles. The van der Waals surface area contributed by atoms with E-state index in [9.17, 15) is 0 Å². The number of aryl methyl sites for hydroxylation is 1. The molecule has 0 aromatic heterocycles. The van der Waals surface area contributed by atoms with E-state index in [0.717, 1.165) is 32.1 Å². The third-order valence-electron chi connectivity index (χ3n) is 4.98. The highest BCUT2D eigenvalue weighted by atomic mass is 127. The van der Waals surface area contributed by atoms with E-state index >= 15 is 0 Å². The van der Waals surface area contributed by atoms with Gasteiger partial charge in [-0.05, 0) is 45.0 Å². The fourth-order valence-electron chi connectivity index (χ4n) is 3.14. The highest BCUT2D eigenvalue weighted by Gasteiger charge is 2.12. The smallest absolute Gasteiger partial charge is 0.191 e. The molecule has 0 aliphatic carbocycles. The molecule has 0 bridgehead atoms. The minimum Gasteiger partial charge on any atom is -0.356 e. The van der Waals surface area contributed by atoms with Crippen LogP contribution in [-0.4, -0.2) is 75.7 Å². The molecule has 1 aliphatic heterocycles. The zero-order valence-corrected chi connectivity index (χ0v) is 19.1. The first-order valence-electron chi connectivity index (χ1n) is 9.50. The van der Waals surface area contributed by atoms with Gasteiger partial charge in [-0.1, -0.05) is 36.8 Å². The maximum atomic E-state index is 4.35. The monoisotopic (exact) mass is 473 g/mol. The molecule has 0 radical (unpaired) electrons. The Morgan fingerprint density at radius 1 is 1.12 bits per heavy atom. The molecule has 1 aromatic rings. The summed E-state index contributed by atoms with van der Waals surface area (Å²) in [4.78, 5) is 9.31. The first-order chi connectivity index (χ1) is 12.1. The van der Waals surface area contributed by atoms with Crippen LogP contribution in [0, 0.1) is 6.92 Å². The molecule has 148 valence electrons. The van der Waals surface area contributed by atoms with E-state index in [1.54, 1.807) is 0 Å². The van der Waals surface area contributed by atoms with Crippen LogP contribution in [0.4, 0.5) is 0 Å². The Hall–Kier alpha value is -0.860. The van der Waals surface area contributed by atoms with Crippen LogP contribution >= 0.6 is 24.0 Å². The lowest BCUT2D eigenvalue weighted by molar-refractivity contribution is 0.280. The van der Waals surface area contributed by atoms with E-state index in [0.29, 0.717) is 5.92 Å². The molecule has 6 heteroatoms. The van der Waals surface area contributed by atoms with Crippen molar-refractivity contribution in [2.24, 2.45) is 4.99 Å². The predicted molar refractivity (Wildman–Crippen MR) is 123 cm³/mol. The molecule has 1 saturated heterocycles. The van der Waals surface area contributed by atoms with Gasteiger partial charge in [0.2, 0.25) is 0 Å². The Bertz CT molecular complexity index is 532. The third-order valence-corrected chi connectivity index (χ3v) is 4.98. The highest BCUT2D eigenvalue weighted by Crippen LogP contribution is 2.14. The van der Waals surface area contributed by atoms with Crippen LogP contribution in [0.15, 0.2) is 29.3 Å². The summed E-state index contributed by atoms with van der Waals surface area (Å²) in [5.74, 6) is 1.35. The van der Waals surface area contributed by atoms with Crippen molar-refractivity contribution in [3.8, 4) is 0 Å². The van der Waals surface area contributed by atoms with Gasteiger partial charge < -0.3 is 20.4 Å². The molecule has 26 heavy (non-hydrogen) atoms. The van der Waals surface area contributed by atoms with Crippen LogP contribution in [0.1, 0.15) is 30.4 Å². The Morgan fingerprint density at radius 2 is 1.85 bits per heavy atom. The van der Waals surface area contributed by atoms with E-state index in [2.05, 4.69) is 70.6 Å². The first-order valence-corrected chi connectivity index (χ1v) is 9.50. The maximum absolute atomic E-state index is 4.35. The van der Waals surface area contributed by atoms with E-state index in [1.807, 2.05) is 7.05 Å². The Labute approximate surface area is 176 Å². The Balaban J connectivity index is 0.00000338. The molecule has 2 rings (SSSR count). The van der Waals surface area contributed by atoms with Crippen molar-refractivity contribution in [3.05, 3.63) is 35.4 Å². The van der Waals surface area contributed by atoms with Gasteiger partial charge in [0, 0.05) is 39.8 Å². The summed E-state index contributed by atoms with van der Waals surface area (Å²) in [6.07, 6.45) is 1.26. The minimum absolute atomic E-state index is 0. The van der Waals surface area contributed by atoms with Crippen molar-refractivity contribution in [1.82, 2.24) is 20.4 Å². The minimum atomic E-state index is 0. The van der Waals surface area contributed by atoms with E-state index < -0.39 is 0 Å². The number of hydrogen-bond donors (Lipinski definition) is 2. The second-order valence-electron chi connectivity index (χ2n) is 7.19. The maximum Gasteiger partial charge on any atom is 0.191 e. The van der Waals surface area contributed by atoms with Crippen molar-refractivity contribution >= 4 is 29.9 Å². The summed E-state index contributed by atoms with van der Waals surface area (Å²) in [5.41, 5.74) is 2.67. The average Bonchev–Trinajstić information content (AvgIpc) is 2.82. The largest absolute Gasteiger partial charge is 0.356 e. The fraction of sp³-hybridized carbons (Fsp3) is 0.650. The normalized spacial score (nSPS) is 17.9. The molecular weight excluding hydrogens is 437 g/mol. The van der Waals surface area contributed by atoms with Gasteiger partial charge in [-0.3, -0.25) is 4.99 Å². The number of halogens is 1. The summed E-state index contributed by atoms with van der Waals surface area (Å²) < 4.78 is 0. The number of benzene rings is 1. The van der Waals surface area contributed by atoms with Crippen molar-refractivity contribution in [3.63, 3.8) is 0 Å². The summed E-state index contributed by atoms with van der Waals surface area (Å²) >= 11 is 0. The Morgan fingerprint density at radius 3 is 2.54 bits per heavy atom. The topological polar surface area (TPSA) is 42.9 Å². The second-order valence-corrected chi connectivity index (χ2v) is 7.19. The molecule has 1 aliphatic rings. The highest BCUT2D eigenvalue weighted by molar-refractivity contribution is 14.0. The van der Waals surface area contributed by atoms with Crippen molar-refractivity contribution in [2.75, 3.05) is 59.9 Å². The van der Waals surface area contributed by atoms with Gasteiger partial charge in [0.15, 0.2) is 5.96 Å². The molecule has 1 unspecified atom stereocenters. The van der Waals surface area contributed by atoms with Gasteiger partial charge in [0.1, 0.15) is 0 Å². The summed E-state index contributed by atoms with van der Waals surface area (Å²) in [6.45, 7) is 12.0. The fourth-order valence-corrected chi connectivity index (χ4v) is 3.14. The summed E-state index contributed by atoms with van der Waals surface area (Å²) in [6, 6.07) is 8.79. The van der Waals surface area contributed by atoms with Crippen LogP contribution in [0.5, 0.6) is 0 Å². The first kappa shape index (κ1) is 23.2. The molecule has 0 saturated carbocycles. The van der Waals surface area contributed by atoms with Gasteiger partial charge in [-0.15, -0.1) is 24.0 Å². The van der Waals surface area contributed by atoms with E-state index in [4.69, 9.17) is 0 Å². The van der Waals surface area contributed by atoms with Gasteiger partial charge in [0.25, 0.3) is 0 Å². The van der Waals surface area contributed by atoms with Crippen LogP contribution < -0.4 is 10.6 Å². The molecule has 2 N–H and O–H groups in total. The van der Waals surface area contributed by atoms with Gasteiger partial charge in [-0.25, -0.2) is 0 Å². The van der Waals surface area contributed by atoms with Crippen LogP contribution in [0.2, 0.25) is 0 Å². The zero-order chi connectivity index (χ0) is 18.1. The molecule has 1 fully saturated rings. The zero-order valence-electron chi connectivity index (χ0n) is 16.8. The molecule has 1 aromatic carbocycles. The number of rotatable bonds is 6. The van der Waals surface area contributed by atoms with Gasteiger partial charge in [0.05, 0.1) is 0 Å². The van der Waals surface area contributed by atoms with E-state index in [1.165, 1.54) is 37.2 Å². The lowest BCUT2D eigenvalue weighted by atomic mass is 10.0. The molecule has 0 spiro atoms. The lowest BCUT2D eigenvalue weighted by Gasteiger charge is -2.21. The molecule has 0 amide bonds. The van der Waals surface area contributed by atoms with Crippen molar-refractivity contribution in [2.45, 2.75) is 26.2 Å². The number of aliphatic imine (C=N–C) groups is 1. The van der Waals surface area contributed by atoms with Crippen LogP contribution in [-0.2, 0) is 0 Å². The van der Waals surface area contributed by atoms with Crippen LogP contribution in [0.3, 0.4) is 0 Å². The average molecular weight is 473 g/mol. The lowest BCUT2D eigenvalue weighted by Crippen LogP contribution is -2.43. The molecular formula is C20H36IN5. The number of hydrogen-bond acceptors (Lipinski definition) is 3. The van der Waals surface area contributed by atoms with Crippen molar-refractivity contribution < 1.29 is 0 Å². The molecule has 5 nitrogen and oxygen atoms in total. The SMILES string of the molecule is CN=C(NCCN1CCCN(C)CC1)NCC(C)c1ccc(C)cc1.I. The van der Waals surface area contributed by atoms with E-state index in [-0.39, 0.29) is 24.0 Å². The predicted octanol–water partition coefficient (Wildman–Crippen LogP) is 2.52. The standard InChI is InChI=1S/C20H35N5.HI/c1-17-6-8-19(9-7-17)18(2)16-23-20(21-3)22-10-13-25-12-5-11-24(4)14-15-25;/h6-9,18H,5,10-16H2,1-4H3,(H2,21,22,23);1H.